The Balaban J connectivity index is 1.57. The number of carbonyl (C=O) groups is 2. The second-order valence-corrected chi connectivity index (χ2v) is 9.44. The third kappa shape index (κ3) is 7.79. The van der Waals surface area contributed by atoms with E-state index in [9.17, 15) is 9.59 Å². The molecule has 0 saturated heterocycles. The largest absolute Gasteiger partial charge is 0.372 e. The lowest BCUT2D eigenvalue weighted by molar-refractivity contribution is -0.117. The first-order valence-corrected chi connectivity index (χ1v) is 14.0. The maximum Gasteiger partial charge on any atom is 0.287 e. The second-order valence-electron chi connectivity index (χ2n) is 9.44. The normalized spacial score (nSPS) is 11.6. The molecule has 0 aliphatic carbocycles. The van der Waals surface area contributed by atoms with Crippen LogP contribution < -0.4 is 15.6 Å². The molecule has 6 nitrogen and oxygen atoms in total. The Morgan fingerprint density at radius 1 is 0.707 bits per heavy atom. The van der Waals surface area contributed by atoms with Gasteiger partial charge in [-0.1, -0.05) is 91.9 Å². The number of nitrogens with zero attached hydrogens (tertiary/aromatic N) is 2. The van der Waals surface area contributed by atoms with Crippen molar-refractivity contribution in [2.24, 2.45) is 5.10 Å². The third-order valence-electron chi connectivity index (χ3n) is 6.81. The van der Waals surface area contributed by atoms with E-state index >= 15 is 0 Å². The molecule has 0 radical (unpaired) electrons. The lowest BCUT2D eigenvalue weighted by Crippen LogP contribution is -2.33. The quantitative estimate of drug-likeness (QED) is 0.123. The standard InChI is InChI=1S/C35H36N4O2/c1-4-32(29-21-19-28(20-22-29)27-13-9-7-10-14-27)37-38-35(41)33(36-34(40)30-15-11-8-12-16-30)25-26-17-23-31(24-18-26)39(5-2)6-3/h7-25H,4-6H2,1-3H3,(H,36,40)(H,38,41)/b33-25+,37-32?. The van der Waals surface area contributed by atoms with Gasteiger partial charge in [-0.25, -0.2) is 5.43 Å². The molecule has 0 heterocycles. The lowest BCUT2D eigenvalue weighted by Gasteiger charge is -2.21. The van der Waals surface area contributed by atoms with E-state index in [1.54, 1.807) is 30.3 Å². The lowest BCUT2D eigenvalue weighted by atomic mass is 10.0. The molecule has 41 heavy (non-hydrogen) atoms. The highest BCUT2D eigenvalue weighted by Crippen LogP contribution is 2.20. The first kappa shape index (κ1) is 29.0. The molecule has 0 spiro atoms. The van der Waals surface area contributed by atoms with E-state index in [4.69, 9.17) is 0 Å². The summed E-state index contributed by atoms with van der Waals surface area (Å²) in [5.41, 5.74) is 9.00. The van der Waals surface area contributed by atoms with E-state index in [1.165, 1.54) is 0 Å². The molecule has 0 fully saturated rings. The molecule has 0 bridgehead atoms. The van der Waals surface area contributed by atoms with Crippen LogP contribution in [0.4, 0.5) is 5.69 Å². The van der Waals surface area contributed by atoms with Crippen LogP contribution in [0.2, 0.25) is 0 Å². The Bertz CT molecular complexity index is 1490. The van der Waals surface area contributed by atoms with E-state index in [1.807, 2.05) is 79.7 Å². The molecule has 0 aromatic heterocycles. The van der Waals surface area contributed by atoms with Gasteiger partial charge < -0.3 is 10.2 Å². The first-order chi connectivity index (χ1) is 20.0. The van der Waals surface area contributed by atoms with Gasteiger partial charge in [0, 0.05) is 24.3 Å². The number of hydrogen-bond donors (Lipinski definition) is 2. The SMILES string of the molecule is CCC(=NNC(=O)/C(=C\c1ccc(N(CC)CC)cc1)NC(=O)c1ccccc1)c1ccc(-c2ccccc2)cc1. The zero-order valence-corrected chi connectivity index (χ0v) is 23.8. The molecule has 0 atom stereocenters. The summed E-state index contributed by atoms with van der Waals surface area (Å²) in [5, 5.41) is 7.21. The van der Waals surface area contributed by atoms with Crippen LogP contribution in [0.5, 0.6) is 0 Å². The molecular formula is C35H36N4O2. The molecule has 0 aliphatic heterocycles. The minimum atomic E-state index is -0.506. The van der Waals surface area contributed by atoms with E-state index in [-0.39, 0.29) is 11.6 Å². The van der Waals surface area contributed by atoms with E-state index in [2.05, 4.69) is 46.7 Å². The molecule has 2 N–H and O–H groups in total. The Labute approximate surface area is 242 Å². The number of carbonyl (C=O) groups excluding carboxylic acids is 2. The number of anilines is 1. The van der Waals surface area contributed by atoms with Gasteiger partial charge in [0.05, 0.1) is 5.71 Å². The van der Waals surface area contributed by atoms with Crippen LogP contribution in [-0.4, -0.2) is 30.6 Å². The molecule has 4 rings (SSSR count). The van der Waals surface area contributed by atoms with Gasteiger partial charge in [-0.05, 0) is 72.9 Å². The first-order valence-electron chi connectivity index (χ1n) is 14.0. The average molecular weight is 545 g/mol. The number of nitrogens with one attached hydrogen (secondary N) is 2. The Morgan fingerprint density at radius 2 is 1.29 bits per heavy atom. The number of hydrogen-bond acceptors (Lipinski definition) is 4. The van der Waals surface area contributed by atoms with Crippen LogP contribution in [-0.2, 0) is 4.79 Å². The molecular weight excluding hydrogens is 508 g/mol. The summed E-state index contributed by atoms with van der Waals surface area (Å²) in [6, 6.07) is 35.0. The fourth-order valence-electron chi connectivity index (χ4n) is 4.49. The molecule has 0 unspecified atom stereocenters. The predicted octanol–water partition coefficient (Wildman–Crippen LogP) is 6.90. The van der Waals surface area contributed by atoms with Gasteiger partial charge >= 0.3 is 0 Å². The molecule has 4 aromatic carbocycles. The van der Waals surface area contributed by atoms with Crippen molar-refractivity contribution in [3.05, 3.63) is 132 Å². The minimum absolute atomic E-state index is 0.105. The van der Waals surface area contributed by atoms with Crippen LogP contribution >= 0.6 is 0 Å². The summed E-state index contributed by atoms with van der Waals surface area (Å²) >= 11 is 0. The van der Waals surface area contributed by atoms with Crippen molar-refractivity contribution in [2.45, 2.75) is 27.2 Å². The maximum absolute atomic E-state index is 13.4. The predicted molar refractivity (Wildman–Crippen MR) is 169 cm³/mol. The highest BCUT2D eigenvalue weighted by molar-refractivity contribution is 6.06. The zero-order chi connectivity index (χ0) is 29.0. The summed E-state index contributed by atoms with van der Waals surface area (Å²) in [7, 11) is 0. The second kappa shape index (κ2) is 14.4. The van der Waals surface area contributed by atoms with Crippen molar-refractivity contribution in [3.8, 4) is 11.1 Å². The highest BCUT2D eigenvalue weighted by Gasteiger charge is 2.15. The maximum atomic E-state index is 13.4. The Morgan fingerprint density at radius 3 is 1.88 bits per heavy atom. The molecule has 4 aromatic rings. The number of rotatable bonds is 11. The van der Waals surface area contributed by atoms with Crippen molar-refractivity contribution in [2.75, 3.05) is 18.0 Å². The van der Waals surface area contributed by atoms with E-state index in [0.717, 1.165) is 46.7 Å². The van der Waals surface area contributed by atoms with Gasteiger partial charge in [0.15, 0.2) is 0 Å². The third-order valence-corrected chi connectivity index (χ3v) is 6.81. The van der Waals surface area contributed by atoms with Crippen LogP contribution in [0.3, 0.4) is 0 Å². The van der Waals surface area contributed by atoms with Crippen LogP contribution in [0.1, 0.15) is 48.7 Å². The molecule has 0 saturated carbocycles. The summed E-state index contributed by atoms with van der Waals surface area (Å²) in [6.07, 6.45) is 2.28. The summed E-state index contributed by atoms with van der Waals surface area (Å²) in [4.78, 5) is 28.6. The molecule has 208 valence electrons. The van der Waals surface area contributed by atoms with Crippen molar-refractivity contribution in [3.63, 3.8) is 0 Å². The van der Waals surface area contributed by atoms with Gasteiger partial charge in [0.1, 0.15) is 5.70 Å². The number of amides is 2. The average Bonchev–Trinajstić information content (AvgIpc) is 3.03. The van der Waals surface area contributed by atoms with Crippen molar-refractivity contribution < 1.29 is 9.59 Å². The van der Waals surface area contributed by atoms with Crippen molar-refractivity contribution in [1.82, 2.24) is 10.7 Å². The highest BCUT2D eigenvalue weighted by atomic mass is 16.2. The van der Waals surface area contributed by atoms with Gasteiger partial charge in [-0.15, -0.1) is 0 Å². The van der Waals surface area contributed by atoms with Crippen LogP contribution in [0.25, 0.3) is 17.2 Å². The van der Waals surface area contributed by atoms with E-state index < -0.39 is 5.91 Å². The minimum Gasteiger partial charge on any atom is -0.372 e. The fraction of sp³-hybridized carbons (Fsp3) is 0.171. The van der Waals surface area contributed by atoms with Crippen LogP contribution in [0.15, 0.2) is 120 Å². The molecule has 6 heteroatoms. The van der Waals surface area contributed by atoms with Crippen molar-refractivity contribution in [1.29, 1.82) is 0 Å². The van der Waals surface area contributed by atoms with Gasteiger partial charge in [-0.3, -0.25) is 9.59 Å². The van der Waals surface area contributed by atoms with Gasteiger partial charge in [-0.2, -0.15) is 5.10 Å². The smallest absolute Gasteiger partial charge is 0.287 e. The Kier molecular flexibility index (Phi) is 10.2. The van der Waals surface area contributed by atoms with E-state index in [0.29, 0.717) is 12.0 Å². The Hall–Kier alpha value is -4.97. The van der Waals surface area contributed by atoms with Crippen LogP contribution in [0, 0.1) is 0 Å². The van der Waals surface area contributed by atoms with Gasteiger partial charge in [0.25, 0.3) is 11.8 Å². The zero-order valence-electron chi connectivity index (χ0n) is 23.8. The summed E-state index contributed by atoms with van der Waals surface area (Å²) in [5.74, 6) is -0.878. The topological polar surface area (TPSA) is 73.8 Å². The fourth-order valence-corrected chi connectivity index (χ4v) is 4.49. The summed E-state index contributed by atoms with van der Waals surface area (Å²) in [6.45, 7) is 8.02. The summed E-state index contributed by atoms with van der Waals surface area (Å²) < 4.78 is 0. The number of benzene rings is 4. The molecule has 2 amide bonds. The van der Waals surface area contributed by atoms with Crippen molar-refractivity contribution >= 4 is 29.3 Å². The van der Waals surface area contributed by atoms with Gasteiger partial charge in [0.2, 0.25) is 0 Å². The monoisotopic (exact) mass is 544 g/mol. The molecule has 0 aliphatic rings. The number of hydrazone groups is 1.